The molecule has 1 fully saturated rings. The SMILES string of the molecule is CCn1ncc(NC(=O)c2nc3ncccn3n2)c1C(=O)N1CCOCC1. The maximum absolute atomic E-state index is 12.9. The molecule has 0 aromatic carbocycles. The monoisotopic (exact) mass is 370 g/mol. The Labute approximate surface area is 154 Å². The van der Waals surface area contributed by atoms with Crippen LogP contribution in [-0.2, 0) is 11.3 Å². The molecule has 11 heteroatoms. The van der Waals surface area contributed by atoms with E-state index in [1.807, 2.05) is 6.92 Å². The van der Waals surface area contributed by atoms with Crippen LogP contribution in [0.15, 0.2) is 24.7 Å². The van der Waals surface area contributed by atoms with Gasteiger partial charge in [0, 0.05) is 32.0 Å². The number of aromatic nitrogens is 6. The van der Waals surface area contributed by atoms with E-state index in [1.165, 1.54) is 10.7 Å². The van der Waals surface area contributed by atoms with Crippen molar-refractivity contribution in [3.8, 4) is 0 Å². The number of anilines is 1. The molecule has 1 aliphatic heterocycles. The first-order valence-corrected chi connectivity index (χ1v) is 8.59. The number of carbonyl (C=O) groups excluding carboxylic acids is 2. The minimum atomic E-state index is -0.535. The summed E-state index contributed by atoms with van der Waals surface area (Å²) in [5.41, 5.74) is 0.653. The van der Waals surface area contributed by atoms with Gasteiger partial charge in [-0.25, -0.2) is 9.50 Å². The quantitative estimate of drug-likeness (QED) is 0.690. The van der Waals surface area contributed by atoms with Crippen molar-refractivity contribution in [1.82, 2.24) is 34.3 Å². The lowest BCUT2D eigenvalue weighted by molar-refractivity contribution is 0.0295. The Morgan fingerprint density at radius 2 is 2.11 bits per heavy atom. The highest BCUT2D eigenvalue weighted by Gasteiger charge is 2.27. The van der Waals surface area contributed by atoms with Gasteiger partial charge in [-0.1, -0.05) is 0 Å². The predicted octanol–water partition coefficient (Wildman–Crippen LogP) is 0.0654. The zero-order valence-electron chi connectivity index (χ0n) is 14.7. The fourth-order valence-corrected chi connectivity index (χ4v) is 2.87. The summed E-state index contributed by atoms with van der Waals surface area (Å²) in [6, 6.07) is 1.69. The highest BCUT2D eigenvalue weighted by molar-refractivity contribution is 6.06. The van der Waals surface area contributed by atoms with Gasteiger partial charge in [-0.2, -0.15) is 10.1 Å². The molecule has 27 heavy (non-hydrogen) atoms. The average Bonchev–Trinajstić information content (AvgIpc) is 3.32. The predicted molar refractivity (Wildman–Crippen MR) is 93.4 cm³/mol. The number of hydrogen-bond donors (Lipinski definition) is 1. The molecule has 0 atom stereocenters. The highest BCUT2D eigenvalue weighted by atomic mass is 16.5. The summed E-state index contributed by atoms with van der Waals surface area (Å²) in [5, 5.41) is 11.0. The van der Waals surface area contributed by atoms with Gasteiger partial charge in [0.05, 0.1) is 25.1 Å². The molecule has 4 heterocycles. The van der Waals surface area contributed by atoms with Crippen LogP contribution in [0.5, 0.6) is 0 Å². The maximum atomic E-state index is 12.9. The molecule has 1 aliphatic rings. The molecule has 0 radical (unpaired) electrons. The third kappa shape index (κ3) is 3.24. The van der Waals surface area contributed by atoms with Gasteiger partial charge in [0.15, 0.2) is 0 Å². The number of nitrogens with zero attached hydrogens (tertiary/aromatic N) is 7. The molecule has 0 bridgehead atoms. The Balaban J connectivity index is 1.60. The molecule has 4 rings (SSSR count). The van der Waals surface area contributed by atoms with Crippen molar-refractivity contribution >= 4 is 23.3 Å². The third-order valence-electron chi connectivity index (χ3n) is 4.21. The van der Waals surface area contributed by atoms with Gasteiger partial charge in [0.25, 0.3) is 17.6 Å². The Kier molecular flexibility index (Phi) is 4.50. The van der Waals surface area contributed by atoms with Crippen LogP contribution in [0.3, 0.4) is 0 Å². The van der Waals surface area contributed by atoms with E-state index in [1.54, 1.807) is 28.0 Å². The van der Waals surface area contributed by atoms with Gasteiger partial charge in [-0.3, -0.25) is 14.3 Å². The second kappa shape index (κ2) is 7.11. The second-order valence-electron chi connectivity index (χ2n) is 5.88. The molecule has 0 unspecified atom stereocenters. The first kappa shape index (κ1) is 17.1. The summed E-state index contributed by atoms with van der Waals surface area (Å²) < 4.78 is 8.26. The molecule has 11 nitrogen and oxygen atoms in total. The van der Waals surface area contributed by atoms with Crippen LogP contribution in [0.1, 0.15) is 28.0 Å². The number of hydrogen-bond acceptors (Lipinski definition) is 7. The van der Waals surface area contributed by atoms with Crippen molar-refractivity contribution in [3.63, 3.8) is 0 Å². The molecular formula is C16H18N8O3. The van der Waals surface area contributed by atoms with E-state index in [4.69, 9.17) is 4.74 Å². The largest absolute Gasteiger partial charge is 0.378 e. The summed E-state index contributed by atoms with van der Waals surface area (Å²) in [6.07, 6.45) is 4.67. The number of rotatable bonds is 4. The number of morpholine rings is 1. The van der Waals surface area contributed by atoms with Gasteiger partial charge in [-0.05, 0) is 13.0 Å². The van der Waals surface area contributed by atoms with E-state index in [0.717, 1.165) is 0 Å². The van der Waals surface area contributed by atoms with Crippen molar-refractivity contribution < 1.29 is 14.3 Å². The molecule has 140 valence electrons. The molecule has 0 spiro atoms. The molecule has 0 aliphatic carbocycles. The standard InChI is InChI=1S/C16H18N8O3/c1-2-23-12(15(26)22-6-8-27-9-7-22)11(10-18-23)19-14(25)13-20-16-17-4-3-5-24(16)21-13/h3-5,10H,2,6-9H2,1H3,(H,19,25). The van der Waals surface area contributed by atoms with Crippen molar-refractivity contribution in [3.05, 3.63) is 36.2 Å². The molecule has 0 saturated carbocycles. The van der Waals surface area contributed by atoms with Gasteiger partial charge >= 0.3 is 0 Å². The third-order valence-corrected chi connectivity index (χ3v) is 4.21. The summed E-state index contributed by atoms with van der Waals surface area (Å²) in [5.74, 6) is -0.455. The molecule has 2 amide bonds. The number of nitrogens with one attached hydrogen (secondary N) is 1. The van der Waals surface area contributed by atoms with Crippen molar-refractivity contribution in [1.29, 1.82) is 0 Å². The maximum Gasteiger partial charge on any atom is 0.295 e. The Morgan fingerprint density at radius 1 is 1.30 bits per heavy atom. The van der Waals surface area contributed by atoms with E-state index in [-0.39, 0.29) is 11.7 Å². The van der Waals surface area contributed by atoms with Crippen LogP contribution in [0.4, 0.5) is 5.69 Å². The summed E-state index contributed by atoms with van der Waals surface area (Å²) in [4.78, 5) is 35.3. The average molecular weight is 370 g/mol. The summed E-state index contributed by atoms with van der Waals surface area (Å²) >= 11 is 0. The smallest absolute Gasteiger partial charge is 0.295 e. The topological polar surface area (TPSA) is 120 Å². The Hall–Kier alpha value is -3.34. The van der Waals surface area contributed by atoms with Crippen molar-refractivity contribution in [2.45, 2.75) is 13.5 Å². The lowest BCUT2D eigenvalue weighted by atomic mass is 10.2. The van der Waals surface area contributed by atoms with Crippen molar-refractivity contribution in [2.75, 3.05) is 31.6 Å². The molecule has 1 saturated heterocycles. The summed E-state index contributed by atoms with van der Waals surface area (Å²) in [6.45, 7) is 4.36. The zero-order valence-corrected chi connectivity index (χ0v) is 14.7. The fourth-order valence-electron chi connectivity index (χ4n) is 2.87. The van der Waals surface area contributed by atoms with Gasteiger partial charge in [0.2, 0.25) is 5.82 Å². The lowest BCUT2D eigenvalue weighted by Crippen LogP contribution is -2.41. The normalized spacial score (nSPS) is 14.5. The van der Waals surface area contributed by atoms with Gasteiger partial charge in [0.1, 0.15) is 5.69 Å². The Morgan fingerprint density at radius 3 is 2.85 bits per heavy atom. The second-order valence-corrected chi connectivity index (χ2v) is 5.88. The molecule has 3 aromatic rings. The van der Waals surface area contributed by atoms with Crippen LogP contribution >= 0.6 is 0 Å². The number of fused-ring (bicyclic) bond motifs is 1. The molecular weight excluding hydrogens is 352 g/mol. The van der Waals surface area contributed by atoms with E-state index < -0.39 is 5.91 Å². The van der Waals surface area contributed by atoms with Crippen LogP contribution < -0.4 is 5.32 Å². The van der Waals surface area contributed by atoms with Gasteiger partial charge < -0.3 is 15.0 Å². The van der Waals surface area contributed by atoms with E-state index in [2.05, 4.69) is 25.5 Å². The number of amides is 2. The van der Waals surface area contributed by atoms with Crippen LogP contribution in [-0.4, -0.2) is 72.4 Å². The highest BCUT2D eigenvalue weighted by Crippen LogP contribution is 2.19. The Bertz CT molecular complexity index is 956. The van der Waals surface area contributed by atoms with E-state index in [9.17, 15) is 9.59 Å². The molecule has 1 N–H and O–H groups in total. The van der Waals surface area contributed by atoms with Gasteiger partial charge in [-0.15, -0.1) is 5.10 Å². The van der Waals surface area contributed by atoms with Crippen LogP contribution in [0.25, 0.3) is 5.78 Å². The van der Waals surface area contributed by atoms with E-state index >= 15 is 0 Å². The summed E-state index contributed by atoms with van der Waals surface area (Å²) in [7, 11) is 0. The number of ether oxygens (including phenoxy) is 1. The number of carbonyl (C=O) groups is 2. The van der Waals surface area contributed by atoms with Crippen LogP contribution in [0, 0.1) is 0 Å². The fraction of sp³-hybridized carbons (Fsp3) is 0.375. The minimum Gasteiger partial charge on any atom is -0.378 e. The minimum absolute atomic E-state index is 0.0391. The number of aryl methyl sites for hydroxylation is 1. The zero-order chi connectivity index (χ0) is 18.8. The van der Waals surface area contributed by atoms with Crippen LogP contribution in [0.2, 0.25) is 0 Å². The van der Waals surface area contributed by atoms with E-state index in [0.29, 0.717) is 50.0 Å². The first-order chi connectivity index (χ1) is 13.2. The van der Waals surface area contributed by atoms with Crippen molar-refractivity contribution in [2.24, 2.45) is 0 Å². The first-order valence-electron chi connectivity index (χ1n) is 8.59. The molecule has 3 aromatic heterocycles. The lowest BCUT2D eigenvalue weighted by Gasteiger charge is -2.27.